The van der Waals surface area contributed by atoms with Gasteiger partial charge in [0.2, 0.25) is 0 Å². The van der Waals surface area contributed by atoms with Gasteiger partial charge in [0, 0.05) is 25.1 Å². The molecule has 1 N–H and O–H groups in total. The first-order valence-electron chi connectivity index (χ1n) is 6.36. The summed E-state index contributed by atoms with van der Waals surface area (Å²) in [6, 6.07) is 0. The lowest BCUT2D eigenvalue weighted by molar-refractivity contribution is 0.0738. The first kappa shape index (κ1) is 14.8. The van der Waals surface area contributed by atoms with Crippen molar-refractivity contribution in [3.8, 4) is 0 Å². The lowest BCUT2D eigenvalue weighted by Gasteiger charge is -2.19. The molecule has 1 aliphatic rings. The van der Waals surface area contributed by atoms with Crippen molar-refractivity contribution in [2.75, 3.05) is 26.3 Å². The summed E-state index contributed by atoms with van der Waals surface area (Å²) < 4.78 is 30.3. The van der Waals surface area contributed by atoms with Gasteiger partial charge in [-0.05, 0) is 12.8 Å². The number of thiazole rings is 1. The fourth-order valence-electron chi connectivity index (χ4n) is 2.12. The van der Waals surface area contributed by atoms with Crippen LogP contribution in [0.15, 0.2) is 5.38 Å². The molecule has 7 heteroatoms. The molecule has 19 heavy (non-hydrogen) atoms. The third kappa shape index (κ3) is 4.45. The number of aliphatic hydroxyl groups excluding tert-OH is 1. The van der Waals surface area contributed by atoms with Crippen molar-refractivity contribution in [2.45, 2.75) is 31.9 Å². The molecule has 0 bridgehead atoms. The minimum Gasteiger partial charge on any atom is -0.395 e. The molecule has 0 radical (unpaired) electrons. The first-order chi connectivity index (χ1) is 9.19. The van der Waals surface area contributed by atoms with Crippen molar-refractivity contribution >= 4 is 11.3 Å². The smallest absolute Gasteiger partial charge is 0.251 e. The molecule has 1 saturated heterocycles. The minimum atomic E-state index is -2.40. The van der Waals surface area contributed by atoms with Crippen LogP contribution in [0, 0.1) is 0 Å². The largest absolute Gasteiger partial charge is 0.395 e. The third-order valence-corrected chi connectivity index (χ3v) is 3.96. The predicted octanol–water partition coefficient (Wildman–Crippen LogP) is 2.05. The van der Waals surface area contributed by atoms with Crippen LogP contribution >= 0.6 is 11.3 Å². The van der Waals surface area contributed by atoms with Crippen LogP contribution < -0.4 is 0 Å². The lowest BCUT2D eigenvalue weighted by atomic mass is 10.2. The highest BCUT2D eigenvalue weighted by molar-refractivity contribution is 7.09. The Hall–Kier alpha value is -0.630. The molecule has 1 atom stereocenters. The van der Waals surface area contributed by atoms with Crippen molar-refractivity contribution in [3.05, 3.63) is 16.1 Å². The number of rotatable bonds is 7. The van der Waals surface area contributed by atoms with Gasteiger partial charge in [-0.2, -0.15) is 0 Å². The maximum absolute atomic E-state index is 12.4. The lowest BCUT2D eigenvalue weighted by Crippen LogP contribution is -2.31. The molecule has 1 fully saturated rings. The maximum Gasteiger partial charge on any atom is 0.251 e. The molecule has 0 spiro atoms. The van der Waals surface area contributed by atoms with Crippen molar-refractivity contribution in [3.63, 3.8) is 0 Å². The SMILES string of the molecule is OCCN(Cc1csc(C2CCCO2)n1)CC(F)F. The number of halogens is 2. The number of aliphatic hydroxyl groups is 1. The summed E-state index contributed by atoms with van der Waals surface area (Å²) >= 11 is 1.51. The van der Waals surface area contributed by atoms with E-state index >= 15 is 0 Å². The quantitative estimate of drug-likeness (QED) is 0.835. The average Bonchev–Trinajstić information content (AvgIpc) is 2.97. The van der Waals surface area contributed by atoms with Crippen molar-refractivity contribution in [2.24, 2.45) is 0 Å². The van der Waals surface area contributed by atoms with Gasteiger partial charge in [0.15, 0.2) is 0 Å². The highest BCUT2D eigenvalue weighted by Gasteiger charge is 2.21. The van der Waals surface area contributed by atoms with E-state index in [1.54, 1.807) is 0 Å². The summed E-state index contributed by atoms with van der Waals surface area (Å²) in [6.45, 7) is 0.871. The molecule has 2 rings (SSSR count). The highest BCUT2D eigenvalue weighted by atomic mass is 32.1. The monoisotopic (exact) mass is 292 g/mol. The van der Waals surface area contributed by atoms with E-state index in [-0.39, 0.29) is 25.8 Å². The van der Waals surface area contributed by atoms with Crippen molar-refractivity contribution in [1.29, 1.82) is 0 Å². The molecule has 1 aromatic heterocycles. The fourth-order valence-corrected chi connectivity index (χ4v) is 3.01. The second-order valence-corrected chi connectivity index (χ2v) is 5.42. The Morgan fingerprint density at radius 2 is 2.42 bits per heavy atom. The van der Waals surface area contributed by atoms with Gasteiger partial charge in [-0.25, -0.2) is 13.8 Å². The maximum atomic E-state index is 12.4. The number of hydrogen-bond donors (Lipinski definition) is 1. The molecule has 0 saturated carbocycles. The standard InChI is InChI=1S/C12H18F2N2O2S/c13-11(14)7-16(3-4-17)6-9-8-19-12(15-9)10-2-1-5-18-10/h8,10-11,17H,1-7H2. The van der Waals surface area contributed by atoms with Crippen LogP contribution in [-0.2, 0) is 11.3 Å². The van der Waals surface area contributed by atoms with Gasteiger partial charge in [0.25, 0.3) is 6.43 Å². The Morgan fingerprint density at radius 1 is 1.58 bits per heavy atom. The van der Waals surface area contributed by atoms with Crippen LogP contribution in [0.4, 0.5) is 8.78 Å². The van der Waals surface area contributed by atoms with Gasteiger partial charge < -0.3 is 9.84 Å². The van der Waals surface area contributed by atoms with Gasteiger partial charge in [0.05, 0.1) is 18.8 Å². The van der Waals surface area contributed by atoms with Crippen LogP contribution in [0.1, 0.15) is 29.6 Å². The predicted molar refractivity (Wildman–Crippen MR) is 68.4 cm³/mol. The average molecular weight is 292 g/mol. The molecule has 1 unspecified atom stereocenters. The number of aromatic nitrogens is 1. The second kappa shape index (κ2) is 7.23. The summed E-state index contributed by atoms with van der Waals surface area (Å²) in [5, 5.41) is 11.7. The summed E-state index contributed by atoms with van der Waals surface area (Å²) in [4.78, 5) is 5.96. The number of hydrogen-bond acceptors (Lipinski definition) is 5. The molecule has 0 aromatic carbocycles. The number of alkyl halides is 2. The summed E-state index contributed by atoms with van der Waals surface area (Å²) in [5.74, 6) is 0. The van der Waals surface area contributed by atoms with Crippen molar-refractivity contribution in [1.82, 2.24) is 9.88 Å². The topological polar surface area (TPSA) is 45.6 Å². The highest BCUT2D eigenvalue weighted by Crippen LogP contribution is 2.30. The zero-order chi connectivity index (χ0) is 13.7. The van der Waals surface area contributed by atoms with E-state index in [0.717, 1.165) is 30.2 Å². The molecule has 108 valence electrons. The molecule has 1 aromatic rings. The summed E-state index contributed by atoms with van der Waals surface area (Å²) in [7, 11) is 0. The molecule has 0 aliphatic carbocycles. The van der Waals surface area contributed by atoms with Gasteiger partial charge in [0.1, 0.15) is 11.1 Å². The van der Waals surface area contributed by atoms with E-state index in [1.807, 2.05) is 5.38 Å². The Labute approximate surface area is 115 Å². The van der Waals surface area contributed by atoms with E-state index in [4.69, 9.17) is 9.84 Å². The zero-order valence-electron chi connectivity index (χ0n) is 10.6. The molecule has 2 heterocycles. The van der Waals surface area contributed by atoms with Crippen molar-refractivity contribution < 1.29 is 18.6 Å². The Balaban J connectivity index is 1.92. The zero-order valence-corrected chi connectivity index (χ0v) is 11.4. The van der Waals surface area contributed by atoms with E-state index < -0.39 is 6.43 Å². The summed E-state index contributed by atoms with van der Waals surface area (Å²) in [5.41, 5.74) is 0.768. The van der Waals surface area contributed by atoms with E-state index in [2.05, 4.69) is 4.98 Å². The third-order valence-electron chi connectivity index (χ3n) is 2.97. The van der Waals surface area contributed by atoms with E-state index in [0.29, 0.717) is 6.54 Å². The molecule has 1 aliphatic heterocycles. The Bertz CT molecular complexity index is 384. The molecular formula is C12H18F2N2O2S. The van der Waals surface area contributed by atoms with Crippen LogP contribution in [0.5, 0.6) is 0 Å². The van der Waals surface area contributed by atoms with E-state index in [9.17, 15) is 8.78 Å². The Kier molecular flexibility index (Phi) is 5.62. The first-order valence-corrected chi connectivity index (χ1v) is 7.24. The van der Waals surface area contributed by atoms with E-state index in [1.165, 1.54) is 16.2 Å². The van der Waals surface area contributed by atoms with Crippen LogP contribution in [0.25, 0.3) is 0 Å². The molecular weight excluding hydrogens is 274 g/mol. The molecule has 0 amide bonds. The van der Waals surface area contributed by atoms with Crippen LogP contribution in [0.2, 0.25) is 0 Å². The normalized spacial score (nSPS) is 19.7. The fraction of sp³-hybridized carbons (Fsp3) is 0.750. The van der Waals surface area contributed by atoms with Gasteiger partial charge >= 0.3 is 0 Å². The van der Waals surface area contributed by atoms with Gasteiger partial charge in [-0.15, -0.1) is 11.3 Å². The Morgan fingerprint density at radius 3 is 3.05 bits per heavy atom. The van der Waals surface area contributed by atoms with Gasteiger partial charge in [-0.1, -0.05) is 0 Å². The van der Waals surface area contributed by atoms with Crippen LogP contribution in [0.3, 0.4) is 0 Å². The molecule has 4 nitrogen and oxygen atoms in total. The number of nitrogens with zero attached hydrogens (tertiary/aromatic N) is 2. The summed E-state index contributed by atoms with van der Waals surface area (Å²) in [6.07, 6.45) is -0.311. The van der Waals surface area contributed by atoms with Crippen LogP contribution in [-0.4, -0.2) is 47.7 Å². The second-order valence-electron chi connectivity index (χ2n) is 4.53. The van der Waals surface area contributed by atoms with Gasteiger partial charge in [-0.3, -0.25) is 4.90 Å². The number of ether oxygens (including phenoxy) is 1. The minimum absolute atomic E-state index is 0.0696.